The van der Waals surface area contributed by atoms with Crippen LogP contribution in [0.25, 0.3) is 0 Å². The third kappa shape index (κ3) is 6.46. The summed E-state index contributed by atoms with van der Waals surface area (Å²) in [6.45, 7) is 5.08. The Morgan fingerprint density at radius 1 is 1.18 bits per heavy atom. The first kappa shape index (κ1) is 25.5. The summed E-state index contributed by atoms with van der Waals surface area (Å²) >= 11 is 0. The van der Waals surface area contributed by atoms with Crippen LogP contribution in [-0.2, 0) is 25.0 Å². The van der Waals surface area contributed by atoms with Gasteiger partial charge in [-0.05, 0) is 18.6 Å². The summed E-state index contributed by atoms with van der Waals surface area (Å²) in [7, 11) is 1.84. The lowest BCUT2D eigenvalue weighted by Crippen LogP contribution is -2.55. The van der Waals surface area contributed by atoms with Crippen LogP contribution in [0, 0.1) is 0 Å². The third-order valence-electron chi connectivity index (χ3n) is 5.33. The summed E-state index contributed by atoms with van der Waals surface area (Å²) in [6.07, 6.45) is 5.29. The zero-order valence-corrected chi connectivity index (χ0v) is 21.8. The molecule has 1 aromatic carbocycles. The molecule has 0 spiro atoms. The zero-order valence-electron chi connectivity index (χ0n) is 19.4. The molecule has 1 amide bonds. The molecular weight excluding hydrogens is 545 g/mol. The molecule has 0 bridgehead atoms. The molecule has 4 rings (SSSR count). The lowest BCUT2D eigenvalue weighted by atomic mass is 10.2. The molecule has 34 heavy (non-hydrogen) atoms. The van der Waals surface area contributed by atoms with Crippen molar-refractivity contribution in [2.75, 3.05) is 31.1 Å². The van der Waals surface area contributed by atoms with E-state index >= 15 is 0 Å². The highest BCUT2D eigenvalue weighted by atomic mass is 127. The van der Waals surface area contributed by atoms with Gasteiger partial charge in [-0.2, -0.15) is 5.10 Å². The molecule has 10 heteroatoms. The number of piperazine rings is 1. The first-order valence-electron chi connectivity index (χ1n) is 11.1. The third-order valence-corrected chi connectivity index (χ3v) is 5.33. The maximum atomic E-state index is 12.8. The summed E-state index contributed by atoms with van der Waals surface area (Å²) in [5.41, 5.74) is 2.79. The molecule has 3 aromatic rings. The molecule has 1 aliphatic heterocycles. The molecule has 1 saturated heterocycles. The van der Waals surface area contributed by atoms with Gasteiger partial charge in [-0.3, -0.25) is 9.48 Å². The Morgan fingerprint density at radius 3 is 2.71 bits per heavy atom. The Morgan fingerprint density at radius 2 is 2.00 bits per heavy atom. The fraction of sp³-hybridized carbons (Fsp3) is 0.333. The molecule has 1 aliphatic rings. The van der Waals surface area contributed by atoms with Crippen molar-refractivity contribution in [1.82, 2.24) is 25.0 Å². The fourth-order valence-electron chi connectivity index (χ4n) is 3.66. The number of aromatic nitrogens is 3. The van der Waals surface area contributed by atoms with Crippen molar-refractivity contribution in [3.63, 3.8) is 0 Å². The highest BCUT2D eigenvalue weighted by molar-refractivity contribution is 14.0. The Hall–Kier alpha value is -3.15. The fourth-order valence-corrected chi connectivity index (χ4v) is 3.66. The number of benzene rings is 1. The average Bonchev–Trinajstić information content (AvgIpc) is 3.27. The SMILES string of the molecule is CCNC(=NCc1cccnc1OCc1ccccc1)N1CCN(c2cnn(C)c2)C(=O)C1.I. The maximum absolute atomic E-state index is 12.8. The number of aryl methyl sites for hydroxylation is 1. The van der Waals surface area contributed by atoms with Gasteiger partial charge in [0.05, 0.1) is 18.4 Å². The Kier molecular flexibility index (Phi) is 9.25. The van der Waals surface area contributed by atoms with Gasteiger partial charge in [-0.15, -0.1) is 24.0 Å². The Bertz CT molecular complexity index is 1100. The molecule has 9 nitrogen and oxygen atoms in total. The predicted octanol–water partition coefficient (Wildman–Crippen LogP) is 2.83. The maximum Gasteiger partial charge on any atom is 0.246 e. The van der Waals surface area contributed by atoms with Gasteiger partial charge in [-0.1, -0.05) is 36.4 Å². The summed E-state index contributed by atoms with van der Waals surface area (Å²) in [4.78, 5) is 25.7. The van der Waals surface area contributed by atoms with E-state index in [2.05, 4.69) is 15.4 Å². The predicted molar refractivity (Wildman–Crippen MR) is 142 cm³/mol. The smallest absolute Gasteiger partial charge is 0.246 e. The minimum absolute atomic E-state index is 0. The van der Waals surface area contributed by atoms with Crippen LogP contribution in [0.15, 0.2) is 66.0 Å². The second-order valence-electron chi connectivity index (χ2n) is 7.75. The Labute approximate surface area is 216 Å². The van der Waals surface area contributed by atoms with Crippen LogP contribution in [0.5, 0.6) is 5.88 Å². The number of carbonyl (C=O) groups is 1. The number of amides is 1. The van der Waals surface area contributed by atoms with E-state index in [1.165, 1.54) is 0 Å². The molecule has 0 radical (unpaired) electrons. The number of anilines is 1. The molecule has 1 fully saturated rings. The van der Waals surface area contributed by atoms with Crippen molar-refractivity contribution in [1.29, 1.82) is 0 Å². The zero-order chi connectivity index (χ0) is 23.0. The number of ether oxygens (including phenoxy) is 1. The van der Waals surface area contributed by atoms with E-state index in [4.69, 9.17) is 9.73 Å². The number of nitrogens with zero attached hydrogens (tertiary/aromatic N) is 6. The van der Waals surface area contributed by atoms with Gasteiger partial charge in [0.15, 0.2) is 5.96 Å². The standard InChI is InChI=1S/C24H29N7O2.HI/c1-3-25-24(30-12-13-31(22(32)17-30)21-15-28-29(2)16-21)27-14-20-10-7-11-26-23(20)33-18-19-8-5-4-6-9-19;/h4-11,15-16H,3,12-14,17-18H2,1-2H3,(H,25,27);1H. The molecule has 0 unspecified atom stereocenters. The van der Waals surface area contributed by atoms with E-state index in [-0.39, 0.29) is 36.4 Å². The number of halogens is 1. The topological polar surface area (TPSA) is 87.9 Å². The van der Waals surface area contributed by atoms with Gasteiger partial charge in [0.2, 0.25) is 11.8 Å². The Balaban J connectivity index is 0.00000324. The number of hydrogen-bond donors (Lipinski definition) is 1. The van der Waals surface area contributed by atoms with Crippen molar-refractivity contribution in [3.8, 4) is 5.88 Å². The molecule has 2 aromatic heterocycles. The number of aliphatic imine (C=N–C) groups is 1. The number of rotatable bonds is 7. The summed E-state index contributed by atoms with van der Waals surface area (Å²) in [5, 5.41) is 7.48. The number of guanidine groups is 1. The van der Waals surface area contributed by atoms with E-state index in [0.717, 1.165) is 16.8 Å². The van der Waals surface area contributed by atoms with Gasteiger partial charge < -0.3 is 19.9 Å². The van der Waals surface area contributed by atoms with Gasteiger partial charge in [-0.25, -0.2) is 9.98 Å². The molecule has 3 heterocycles. The highest BCUT2D eigenvalue weighted by Gasteiger charge is 2.27. The normalized spacial score (nSPS) is 14.1. The van der Waals surface area contributed by atoms with Crippen LogP contribution >= 0.6 is 24.0 Å². The quantitative estimate of drug-likeness (QED) is 0.265. The van der Waals surface area contributed by atoms with Gasteiger partial charge in [0.1, 0.15) is 13.2 Å². The first-order chi connectivity index (χ1) is 16.1. The first-order valence-corrected chi connectivity index (χ1v) is 11.1. The van der Waals surface area contributed by atoms with Crippen LogP contribution in [0.2, 0.25) is 0 Å². The van der Waals surface area contributed by atoms with E-state index in [0.29, 0.717) is 44.6 Å². The van der Waals surface area contributed by atoms with Crippen LogP contribution in [0.1, 0.15) is 18.1 Å². The second kappa shape index (κ2) is 12.4. The molecule has 1 N–H and O–H groups in total. The number of hydrogen-bond acceptors (Lipinski definition) is 5. The van der Waals surface area contributed by atoms with Gasteiger partial charge >= 0.3 is 0 Å². The van der Waals surface area contributed by atoms with E-state index in [1.54, 1.807) is 22.0 Å². The molecule has 180 valence electrons. The van der Waals surface area contributed by atoms with Crippen molar-refractivity contribution in [3.05, 3.63) is 72.2 Å². The van der Waals surface area contributed by atoms with Crippen LogP contribution < -0.4 is 15.0 Å². The summed E-state index contributed by atoms with van der Waals surface area (Å²) < 4.78 is 7.66. The van der Waals surface area contributed by atoms with Gasteiger partial charge in [0, 0.05) is 44.6 Å². The van der Waals surface area contributed by atoms with Gasteiger partial charge in [0.25, 0.3) is 0 Å². The monoisotopic (exact) mass is 575 g/mol. The van der Waals surface area contributed by atoms with Crippen molar-refractivity contribution >= 4 is 41.5 Å². The number of pyridine rings is 1. The van der Waals surface area contributed by atoms with Crippen molar-refractivity contribution < 1.29 is 9.53 Å². The highest BCUT2D eigenvalue weighted by Crippen LogP contribution is 2.19. The van der Waals surface area contributed by atoms with Crippen molar-refractivity contribution in [2.24, 2.45) is 12.0 Å². The van der Waals surface area contributed by atoms with Crippen LogP contribution in [-0.4, -0.2) is 57.7 Å². The molecule has 0 saturated carbocycles. The summed E-state index contributed by atoms with van der Waals surface area (Å²) in [5.74, 6) is 1.29. The van der Waals surface area contributed by atoms with Crippen molar-refractivity contribution in [2.45, 2.75) is 20.1 Å². The molecule has 0 atom stereocenters. The summed E-state index contributed by atoms with van der Waals surface area (Å²) in [6, 6.07) is 13.8. The van der Waals surface area contributed by atoms with Crippen LogP contribution in [0.4, 0.5) is 5.69 Å². The average molecular weight is 575 g/mol. The molecule has 0 aliphatic carbocycles. The lowest BCUT2D eigenvalue weighted by molar-refractivity contribution is -0.120. The lowest BCUT2D eigenvalue weighted by Gasteiger charge is -2.35. The van der Waals surface area contributed by atoms with Crippen LogP contribution in [0.3, 0.4) is 0 Å². The molecular formula is C24H30IN7O2. The largest absolute Gasteiger partial charge is 0.473 e. The minimum Gasteiger partial charge on any atom is -0.473 e. The minimum atomic E-state index is 0. The van der Waals surface area contributed by atoms with E-state index in [9.17, 15) is 4.79 Å². The van der Waals surface area contributed by atoms with E-state index in [1.807, 2.05) is 67.5 Å². The number of carbonyl (C=O) groups excluding carboxylic acids is 1. The van der Waals surface area contributed by atoms with E-state index < -0.39 is 0 Å². The second-order valence-corrected chi connectivity index (χ2v) is 7.75. The number of nitrogens with one attached hydrogen (secondary N) is 1.